The number of halogens is 2. The molecule has 90 valence electrons. The van der Waals surface area contributed by atoms with Gasteiger partial charge in [-0.1, -0.05) is 23.2 Å². The van der Waals surface area contributed by atoms with E-state index < -0.39 is 0 Å². The zero-order valence-corrected chi connectivity index (χ0v) is 11.5. The first-order chi connectivity index (χ1) is 8.08. The molecule has 0 amide bonds. The molecule has 0 fully saturated rings. The molecule has 2 aromatic rings. The van der Waals surface area contributed by atoms with Gasteiger partial charge in [-0.05, 0) is 19.1 Å². The maximum atomic E-state index is 6.08. The quantitative estimate of drug-likeness (QED) is 0.841. The van der Waals surface area contributed by atoms with Crippen LogP contribution in [0.4, 0.5) is 11.4 Å². The van der Waals surface area contributed by atoms with Crippen molar-refractivity contribution in [3.8, 4) is 0 Å². The van der Waals surface area contributed by atoms with E-state index in [9.17, 15) is 0 Å². The Kier molecular flexibility index (Phi) is 3.76. The minimum atomic E-state index is 0.525. The molecule has 0 bridgehead atoms. The fourth-order valence-electron chi connectivity index (χ4n) is 1.43. The monoisotopic (exact) mass is 287 g/mol. The highest BCUT2D eigenvalue weighted by Gasteiger charge is 2.08. The third kappa shape index (κ3) is 2.83. The number of rotatable bonds is 3. The van der Waals surface area contributed by atoms with E-state index in [-0.39, 0.29) is 0 Å². The number of aryl methyl sites for hydroxylation is 1. The molecule has 0 aliphatic rings. The Morgan fingerprint density at radius 2 is 2.00 bits per heavy atom. The van der Waals surface area contributed by atoms with Crippen molar-refractivity contribution in [1.29, 1.82) is 0 Å². The molecule has 0 radical (unpaired) electrons. The Bertz CT molecular complexity index is 516. The maximum Gasteiger partial charge on any atom is 0.0798 e. The molecule has 0 saturated heterocycles. The lowest BCUT2D eigenvalue weighted by molar-refractivity contribution is 1.12. The molecule has 0 unspecified atom stereocenters. The van der Waals surface area contributed by atoms with E-state index in [1.807, 2.05) is 12.4 Å². The molecule has 0 atom stereocenters. The summed E-state index contributed by atoms with van der Waals surface area (Å²) in [5, 5.41) is 4.25. The summed E-state index contributed by atoms with van der Waals surface area (Å²) in [5.41, 5.74) is 9.73. The molecular formula is C11H11Cl2N3S. The highest BCUT2D eigenvalue weighted by Crippen LogP contribution is 2.33. The summed E-state index contributed by atoms with van der Waals surface area (Å²) in [6.45, 7) is 2.62. The average Bonchev–Trinajstić information content (AvgIpc) is 2.62. The van der Waals surface area contributed by atoms with Crippen molar-refractivity contribution < 1.29 is 0 Å². The molecule has 3 N–H and O–H groups in total. The van der Waals surface area contributed by atoms with Crippen LogP contribution in [0.5, 0.6) is 0 Å². The van der Waals surface area contributed by atoms with Crippen molar-refractivity contribution in [2.24, 2.45) is 0 Å². The summed E-state index contributed by atoms with van der Waals surface area (Å²) in [5.74, 6) is 0. The third-order valence-corrected chi connectivity index (χ3v) is 3.87. The van der Waals surface area contributed by atoms with Crippen LogP contribution in [0, 0.1) is 6.92 Å². The van der Waals surface area contributed by atoms with E-state index in [4.69, 9.17) is 28.9 Å². The van der Waals surface area contributed by atoms with Gasteiger partial charge in [0.15, 0.2) is 0 Å². The van der Waals surface area contributed by atoms with Crippen LogP contribution < -0.4 is 11.1 Å². The SMILES string of the molecule is Cc1ncsc1CNc1c(Cl)cc(N)cc1Cl. The molecule has 1 heterocycles. The van der Waals surface area contributed by atoms with E-state index in [2.05, 4.69) is 10.3 Å². The van der Waals surface area contributed by atoms with Crippen LogP contribution in [0.2, 0.25) is 10.0 Å². The summed E-state index contributed by atoms with van der Waals surface area (Å²) in [6, 6.07) is 3.35. The van der Waals surface area contributed by atoms with Gasteiger partial charge in [-0.3, -0.25) is 0 Å². The number of thiazole rings is 1. The average molecular weight is 288 g/mol. The number of nitrogens with two attached hydrogens (primary N) is 1. The fraction of sp³-hybridized carbons (Fsp3) is 0.182. The lowest BCUT2D eigenvalue weighted by Gasteiger charge is -2.10. The van der Waals surface area contributed by atoms with E-state index in [1.165, 1.54) is 0 Å². The Morgan fingerprint density at radius 3 is 2.53 bits per heavy atom. The van der Waals surface area contributed by atoms with Gasteiger partial charge >= 0.3 is 0 Å². The second-order valence-corrected chi connectivity index (χ2v) is 5.33. The standard InChI is InChI=1S/C11H11Cl2N3S/c1-6-10(17-5-16-6)4-15-11-8(12)2-7(14)3-9(11)13/h2-3,5,15H,4,14H2,1H3. The fourth-order valence-corrected chi connectivity index (χ4v) is 2.78. The van der Waals surface area contributed by atoms with Crippen molar-refractivity contribution in [2.75, 3.05) is 11.1 Å². The van der Waals surface area contributed by atoms with Crippen molar-refractivity contribution in [3.63, 3.8) is 0 Å². The zero-order chi connectivity index (χ0) is 12.4. The molecule has 3 nitrogen and oxygen atoms in total. The number of hydrogen-bond donors (Lipinski definition) is 2. The number of benzene rings is 1. The lowest BCUT2D eigenvalue weighted by Crippen LogP contribution is -2.01. The van der Waals surface area contributed by atoms with Gasteiger partial charge in [0.25, 0.3) is 0 Å². The van der Waals surface area contributed by atoms with Gasteiger partial charge in [-0.15, -0.1) is 11.3 Å². The molecule has 0 aliphatic heterocycles. The van der Waals surface area contributed by atoms with Crippen molar-refractivity contribution in [1.82, 2.24) is 4.98 Å². The van der Waals surface area contributed by atoms with Gasteiger partial charge in [0.2, 0.25) is 0 Å². The minimum Gasteiger partial charge on any atom is -0.399 e. The van der Waals surface area contributed by atoms with E-state index in [0.717, 1.165) is 10.6 Å². The first kappa shape index (κ1) is 12.5. The number of anilines is 2. The summed E-state index contributed by atoms with van der Waals surface area (Å²) < 4.78 is 0. The van der Waals surface area contributed by atoms with Crippen molar-refractivity contribution >= 4 is 45.9 Å². The summed E-state index contributed by atoms with van der Waals surface area (Å²) in [7, 11) is 0. The van der Waals surface area contributed by atoms with Gasteiger partial charge in [-0.2, -0.15) is 0 Å². The van der Waals surface area contributed by atoms with Gasteiger partial charge in [0.05, 0.1) is 33.5 Å². The predicted molar refractivity (Wildman–Crippen MR) is 75.1 cm³/mol. The largest absolute Gasteiger partial charge is 0.399 e. The number of nitrogens with zero attached hydrogens (tertiary/aromatic N) is 1. The second-order valence-electron chi connectivity index (χ2n) is 3.57. The summed E-state index contributed by atoms with van der Waals surface area (Å²) in [6.07, 6.45) is 0. The zero-order valence-electron chi connectivity index (χ0n) is 9.13. The van der Waals surface area contributed by atoms with Crippen LogP contribution >= 0.6 is 34.5 Å². The maximum absolute atomic E-state index is 6.08. The number of nitrogen functional groups attached to an aromatic ring is 1. The lowest BCUT2D eigenvalue weighted by atomic mass is 10.2. The number of aromatic nitrogens is 1. The first-order valence-electron chi connectivity index (χ1n) is 4.95. The molecule has 0 aliphatic carbocycles. The van der Waals surface area contributed by atoms with E-state index in [1.54, 1.807) is 23.5 Å². The van der Waals surface area contributed by atoms with Gasteiger partial charge < -0.3 is 11.1 Å². The van der Waals surface area contributed by atoms with Crippen LogP contribution in [0.15, 0.2) is 17.6 Å². The summed E-state index contributed by atoms with van der Waals surface area (Å²) >= 11 is 13.8. The predicted octanol–water partition coefficient (Wildman–Crippen LogP) is 3.95. The molecule has 6 heteroatoms. The second kappa shape index (κ2) is 5.12. The molecule has 2 rings (SSSR count). The molecule has 0 saturated carbocycles. The summed E-state index contributed by atoms with van der Waals surface area (Å²) in [4.78, 5) is 5.34. The highest BCUT2D eigenvalue weighted by atomic mass is 35.5. The Balaban J connectivity index is 2.17. The van der Waals surface area contributed by atoms with Crippen molar-refractivity contribution in [2.45, 2.75) is 13.5 Å². The topological polar surface area (TPSA) is 50.9 Å². The molecule has 1 aromatic carbocycles. The Hall–Kier alpha value is -0.970. The molecule has 0 spiro atoms. The van der Waals surface area contributed by atoms with Crippen LogP contribution in [-0.4, -0.2) is 4.98 Å². The van der Waals surface area contributed by atoms with Crippen molar-refractivity contribution in [3.05, 3.63) is 38.3 Å². The van der Waals surface area contributed by atoms with Gasteiger partial charge in [0.1, 0.15) is 0 Å². The minimum absolute atomic E-state index is 0.525. The van der Waals surface area contributed by atoms with Crippen LogP contribution in [0.3, 0.4) is 0 Å². The van der Waals surface area contributed by atoms with Crippen LogP contribution in [0.25, 0.3) is 0 Å². The smallest absolute Gasteiger partial charge is 0.0798 e. The number of nitrogens with one attached hydrogen (secondary N) is 1. The first-order valence-corrected chi connectivity index (χ1v) is 6.59. The molecule has 1 aromatic heterocycles. The van der Waals surface area contributed by atoms with Gasteiger partial charge in [-0.25, -0.2) is 4.98 Å². The number of hydrogen-bond acceptors (Lipinski definition) is 4. The van der Waals surface area contributed by atoms with Gasteiger partial charge in [0, 0.05) is 10.6 Å². The normalized spacial score (nSPS) is 10.5. The van der Waals surface area contributed by atoms with Crippen LogP contribution in [0.1, 0.15) is 10.6 Å². The Morgan fingerprint density at radius 1 is 1.35 bits per heavy atom. The molecular weight excluding hydrogens is 277 g/mol. The van der Waals surface area contributed by atoms with E-state index >= 15 is 0 Å². The molecule has 17 heavy (non-hydrogen) atoms. The van der Waals surface area contributed by atoms with E-state index in [0.29, 0.717) is 28.0 Å². The third-order valence-electron chi connectivity index (χ3n) is 2.34. The highest BCUT2D eigenvalue weighted by molar-refractivity contribution is 7.09. The van der Waals surface area contributed by atoms with Crippen LogP contribution in [-0.2, 0) is 6.54 Å². The Labute approximate surface area is 114 Å².